The van der Waals surface area contributed by atoms with Crippen LogP contribution >= 0.6 is 0 Å². The van der Waals surface area contributed by atoms with Crippen LogP contribution in [-0.4, -0.2) is 17.5 Å². The molecule has 0 aromatic heterocycles. The van der Waals surface area contributed by atoms with E-state index in [1.54, 1.807) is 0 Å². The summed E-state index contributed by atoms with van der Waals surface area (Å²) in [5, 5.41) is 0. The van der Waals surface area contributed by atoms with Crippen molar-refractivity contribution in [3.8, 4) is 0 Å². The highest BCUT2D eigenvalue weighted by Gasteiger charge is 1.76. The summed E-state index contributed by atoms with van der Waals surface area (Å²) in [6.45, 7) is 0. The zero-order valence-electron chi connectivity index (χ0n) is 3.39. The predicted molar refractivity (Wildman–Crippen MR) is 32.4 cm³/mol. The molecular formula is C3H7NS2-2. The molecule has 3 heteroatoms. The molecule has 0 atom stereocenters. The van der Waals surface area contributed by atoms with Crippen LogP contribution in [0.1, 0.15) is 0 Å². The zero-order chi connectivity index (χ0) is 4.99. The largest absolute Gasteiger partial charge is 0.791 e. The fourth-order valence-corrected chi connectivity index (χ4v) is 0.433. The topological polar surface area (TPSA) is 26.0 Å². The van der Waals surface area contributed by atoms with Gasteiger partial charge in [-0.2, -0.15) is 11.5 Å². The van der Waals surface area contributed by atoms with E-state index in [0.717, 1.165) is 0 Å². The van der Waals surface area contributed by atoms with Crippen LogP contribution < -0.4 is 5.73 Å². The van der Waals surface area contributed by atoms with Crippen molar-refractivity contribution in [2.24, 2.45) is 5.73 Å². The fourth-order valence-electron chi connectivity index (χ4n) is 0.0481. The summed E-state index contributed by atoms with van der Waals surface area (Å²) in [6.07, 6.45) is 0. The first-order valence-electron chi connectivity index (χ1n) is 1.73. The quantitative estimate of drug-likeness (QED) is 0.494. The van der Waals surface area contributed by atoms with Gasteiger partial charge in [-0.25, -0.2) is 0 Å². The zero-order valence-corrected chi connectivity index (χ0v) is 5.02. The third-order valence-corrected chi connectivity index (χ3v) is 1.28. The van der Waals surface area contributed by atoms with E-state index in [4.69, 9.17) is 5.73 Å². The van der Waals surface area contributed by atoms with Gasteiger partial charge in [-0.05, 0) is 6.04 Å². The highest BCUT2D eigenvalue weighted by molar-refractivity contribution is 7.59. The maximum Gasteiger partial charge on any atom is -0.0398 e. The van der Waals surface area contributed by atoms with E-state index in [2.05, 4.69) is 25.3 Å². The molecule has 0 aromatic rings. The first kappa shape index (κ1) is 6.66. The highest BCUT2D eigenvalue weighted by Crippen LogP contribution is 1.70. The Balaban J connectivity index is 2.75. The smallest absolute Gasteiger partial charge is 0.0398 e. The van der Waals surface area contributed by atoms with E-state index in [9.17, 15) is 0 Å². The normalized spacial score (nSPS) is 10.0. The van der Waals surface area contributed by atoms with Gasteiger partial charge in [-0.3, -0.25) is 0 Å². The summed E-state index contributed by atoms with van der Waals surface area (Å²) in [4.78, 5) is 0. The van der Waals surface area contributed by atoms with Crippen molar-refractivity contribution >= 4 is 25.3 Å². The van der Waals surface area contributed by atoms with Crippen LogP contribution in [0.15, 0.2) is 0 Å². The molecule has 0 spiro atoms. The van der Waals surface area contributed by atoms with Gasteiger partial charge >= 0.3 is 0 Å². The van der Waals surface area contributed by atoms with Crippen molar-refractivity contribution in [2.45, 2.75) is 6.04 Å². The first-order valence-corrected chi connectivity index (χ1v) is 2.88. The Labute approximate surface area is 49.1 Å². The summed E-state index contributed by atoms with van der Waals surface area (Å²) < 4.78 is 0. The number of rotatable bonds is 2. The third-order valence-electron chi connectivity index (χ3n) is 0.428. The average Bonchev–Trinajstić information content (AvgIpc) is 1.65. The molecule has 6 heavy (non-hydrogen) atoms. The van der Waals surface area contributed by atoms with Gasteiger partial charge in [0.15, 0.2) is 0 Å². The summed E-state index contributed by atoms with van der Waals surface area (Å²) in [5.74, 6) is 1.17. The SMILES string of the molecule is NC(C[S-])C[S-]. The second-order valence-electron chi connectivity index (χ2n) is 1.09. The van der Waals surface area contributed by atoms with E-state index in [-0.39, 0.29) is 6.04 Å². The fraction of sp³-hybridized carbons (Fsp3) is 1.00. The molecule has 38 valence electrons. The first-order chi connectivity index (χ1) is 2.81. The third kappa shape index (κ3) is 2.87. The Morgan fingerprint density at radius 3 is 1.67 bits per heavy atom. The molecule has 0 aliphatic carbocycles. The lowest BCUT2D eigenvalue weighted by Crippen LogP contribution is -2.26. The van der Waals surface area contributed by atoms with Crippen molar-refractivity contribution in [2.75, 3.05) is 11.5 Å². The Bertz CT molecular complexity index is 28.0. The van der Waals surface area contributed by atoms with Crippen LogP contribution in [0.3, 0.4) is 0 Å². The lowest BCUT2D eigenvalue weighted by Gasteiger charge is -2.16. The number of nitrogens with two attached hydrogens (primary N) is 1. The Morgan fingerprint density at radius 1 is 1.33 bits per heavy atom. The minimum absolute atomic E-state index is 0.0648. The minimum Gasteiger partial charge on any atom is -0.791 e. The Hall–Kier alpha value is 0.660. The van der Waals surface area contributed by atoms with Crippen LogP contribution in [0, 0.1) is 0 Å². The van der Waals surface area contributed by atoms with Crippen molar-refractivity contribution < 1.29 is 0 Å². The average molecular weight is 121 g/mol. The molecule has 2 N–H and O–H groups in total. The van der Waals surface area contributed by atoms with Crippen LogP contribution in [0.2, 0.25) is 0 Å². The molecular weight excluding hydrogens is 114 g/mol. The summed E-state index contributed by atoms with van der Waals surface area (Å²) in [6, 6.07) is 0.0648. The summed E-state index contributed by atoms with van der Waals surface area (Å²) >= 11 is 9.16. The van der Waals surface area contributed by atoms with Gasteiger partial charge in [0.1, 0.15) is 0 Å². The number of hydrogen-bond donors (Lipinski definition) is 1. The van der Waals surface area contributed by atoms with Gasteiger partial charge in [-0.1, -0.05) is 0 Å². The molecule has 0 aliphatic rings. The molecule has 0 unspecified atom stereocenters. The lowest BCUT2D eigenvalue weighted by molar-refractivity contribution is 0.865. The van der Waals surface area contributed by atoms with Crippen LogP contribution in [0.25, 0.3) is 0 Å². The molecule has 0 heterocycles. The Kier molecular flexibility index (Phi) is 4.26. The molecule has 0 fully saturated rings. The standard InChI is InChI=1S/C3H9NS2/c4-3(1-5)2-6/h3,5-6H,1-2,4H2/p-2. The number of hydrogen-bond acceptors (Lipinski definition) is 3. The van der Waals surface area contributed by atoms with Gasteiger partial charge in [0.25, 0.3) is 0 Å². The molecule has 0 saturated carbocycles. The van der Waals surface area contributed by atoms with Gasteiger partial charge < -0.3 is 31.0 Å². The van der Waals surface area contributed by atoms with E-state index in [1.165, 1.54) is 0 Å². The molecule has 0 aromatic carbocycles. The van der Waals surface area contributed by atoms with E-state index in [1.807, 2.05) is 0 Å². The summed E-state index contributed by atoms with van der Waals surface area (Å²) in [5.41, 5.74) is 5.26. The van der Waals surface area contributed by atoms with E-state index in [0.29, 0.717) is 11.5 Å². The van der Waals surface area contributed by atoms with E-state index >= 15 is 0 Å². The maximum atomic E-state index is 5.26. The minimum atomic E-state index is 0.0648. The second kappa shape index (κ2) is 3.84. The van der Waals surface area contributed by atoms with Gasteiger partial charge in [0.2, 0.25) is 0 Å². The van der Waals surface area contributed by atoms with Gasteiger partial charge in [0, 0.05) is 0 Å². The molecule has 0 saturated heterocycles. The van der Waals surface area contributed by atoms with Crippen LogP contribution in [-0.2, 0) is 25.3 Å². The van der Waals surface area contributed by atoms with Gasteiger partial charge in [-0.15, -0.1) is 0 Å². The Morgan fingerprint density at radius 2 is 1.67 bits per heavy atom. The van der Waals surface area contributed by atoms with Gasteiger partial charge in [0.05, 0.1) is 0 Å². The van der Waals surface area contributed by atoms with Crippen molar-refractivity contribution in [3.05, 3.63) is 0 Å². The van der Waals surface area contributed by atoms with Crippen LogP contribution in [0.4, 0.5) is 0 Å². The summed E-state index contributed by atoms with van der Waals surface area (Å²) in [7, 11) is 0. The molecule has 0 amide bonds. The maximum absolute atomic E-state index is 5.26. The molecule has 0 bridgehead atoms. The predicted octanol–water partition coefficient (Wildman–Crippen LogP) is -0.593. The second-order valence-corrected chi connectivity index (χ2v) is 1.76. The van der Waals surface area contributed by atoms with Crippen molar-refractivity contribution in [1.82, 2.24) is 0 Å². The molecule has 0 aliphatic heterocycles. The molecule has 0 rings (SSSR count). The van der Waals surface area contributed by atoms with Crippen LogP contribution in [0.5, 0.6) is 0 Å². The van der Waals surface area contributed by atoms with Crippen molar-refractivity contribution in [1.29, 1.82) is 0 Å². The van der Waals surface area contributed by atoms with Crippen molar-refractivity contribution in [3.63, 3.8) is 0 Å². The van der Waals surface area contributed by atoms with E-state index < -0.39 is 0 Å². The molecule has 1 nitrogen and oxygen atoms in total. The monoisotopic (exact) mass is 121 g/mol. The molecule has 0 radical (unpaired) electrons. The highest BCUT2D eigenvalue weighted by atomic mass is 32.1. The lowest BCUT2D eigenvalue weighted by atomic mass is 10.4.